The van der Waals surface area contributed by atoms with Crippen molar-refractivity contribution < 1.29 is 18.7 Å². The van der Waals surface area contributed by atoms with Crippen molar-refractivity contribution in [3.63, 3.8) is 0 Å². The highest BCUT2D eigenvalue weighted by Gasteiger charge is 2.10. The van der Waals surface area contributed by atoms with Crippen molar-refractivity contribution in [1.82, 2.24) is 0 Å². The lowest BCUT2D eigenvalue weighted by atomic mass is 10.2. The Morgan fingerprint density at radius 3 is 2.78 bits per heavy atom. The molecule has 1 N–H and O–H groups in total. The van der Waals surface area contributed by atoms with Crippen LogP contribution >= 0.6 is 27.7 Å². The third kappa shape index (κ3) is 3.14. The minimum absolute atomic E-state index is 0.0690. The van der Waals surface area contributed by atoms with Gasteiger partial charge in [0.05, 0.1) is 11.3 Å². The summed E-state index contributed by atoms with van der Waals surface area (Å²) in [6, 6.07) is 7.24. The molecule has 0 aliphatic carbocycles. The van der Waals surface area contributed by atoms with Gasteiger partial charge in [-0.3, -0.25) is 0 Å². The van der Waals surface area contributed by atoms with Crippen molar-refractivity contribution in [3.05, 3.63) is 52.1 Å². The molecule has 1 aromatic carbocycles. The fourth-order valence-electron chi connectivity index (χ4n) is 1.33. The number of aromatic carboxylic acids is 1. The van der Waals surface area contributed by atoms with Crippen LogP contribution < -0.4 is 0 Å². The monoisotopic (exact) mass is 330 g/mol. The summed E-state index contributed by atoms with van der Waals surface area (Å²) in [5, 5.41) is 8.83. The molecule has 0 aliphatic heterocycles. The van der Waals surface area contributed by atoms with Gasteiger partial charge in [0.1, 0.15) is 11.6 Å². The molecule has 0 saturated heterocycles. The number of hydrogen-bond donors (Lipinski definition) is 1. The minimum atomic E-state index is -1.07. The van der Waals surface area contributed by atoms with Gasteiger partial charge in [0.25, 0.3) is 0 Å². The van der Waals surface area contributed by atoms with Crippen molar-refractivity contribution in [1.29, 1.82) is 0 Å². The second-order valence-corrected chi connectivity index (χ2v) is 5.24. The lowest BCUT2D eigenvalue weighted by Crippen LogP contribution is -1.97. The van der Waals surface area contributed by atoms with E-state index in [-0.39, 0.29) is 5.56 Å². The molecule has 3 nitrogen and oxygen atoms in total. The SMILES string of the molecule is O=C(O)c1ccc(F)c(SCc2ccc(Br)o2)c1. The molecule has 0 amide bonds. The van der Waals surface area contributed by atoms with Crippen LogP contribution in [0.15, 0.2) is 44.3 Å². The van der Waals surface area contributed by atoms with Crippen LogP contribution in [0.3, 0.4) is 0 Å². The quantitative estimate of drug-likeness (QED) is 0.854. The summed E-state index contributed by atoms with van der Waals surface area (Å²) in [6.45, 7) is 0. The van der Waals surface area contributed by atoms with Crippen molar-refractivity contribution in [3.8, 4) is 0 Å². The van der Waals surface area contributed by atoms with E-state index in [1.807, 2.05) is 0 Å². The fraction of sp³-hybridized carbons (Fsp3) is 0.0833. The zero-order valence-electron chi connectivity index (χ0n) is 9.02. The molecule has 18 heavy (non-hydrogen) atoms. The van der Waals surface area contributed by atoms with E-state index in [0.29, 0.717) is 21.1 Å². The second-order valence-electron chi connectivity index (χ2n) is 3.44. The number of halogens is 2. The smallest absolute Gasteiger partial charge is 0.335 e. The maximum absolute atomic E-state index is 13.5. The summed E-state index contributed by atoms with van der Waals surface area (Å²) in [4.78, 5) is 11.1. The third-order valence-electron chi connectivity index (χ3n) is 2.18. The van der Waals surface area contributed by atoms with Crippen LogP contribution in [-0.2, 0) is 5.75 Å². The number of carboxylic acid groups (broad SMARTS) is 1. The maximum atomic E-state index is 13.5. The first-order valence-corrected chi connectivity index (χ1v) is 6.74. The second kappa shape index (κ2) is 5.58. The molecule has 2 rings (SSSR count). The fourth-order valence-corrected chi connectivity index (χ4v) is 2.53. The highest BCUT2D eigenvalue weighted by Crippen LogP contribution is 2.28. The van der Waals surface area contributed by atoms with Crippen LogP contribution in [0.5, 0.6) is 0 Å². The number of furan rings is 1. The number of benzene rings is 1. The number of thioether (sulfide) groups is 1. The van der Waals surface area contributed by atoms with Gasteiger partial charge < -0.3 is 9.52 Å². The lowest BCUT2D eigenvalue weighted by molar-refractivity contribution is 0.0696. The van der Waals surface area contributed by atoms with E-state index in [4.69, 9.17) is 9.52 Å². The zero-order chi connectivity index (χ0) is 13.1. The van der Waals surface area contributed by atoms with E-state index in [2.05, 4.69) is 15.9 Å². The minimum Gasteiger partial charge on any atom is -0.478 e. The molecule has 0 atom stereocenters. The van der Waals surface area contributed by atoms with Gasteiger partial charge in [0.2, 0.25) is 0 Å². The average Bonchev–Trinajstić information content (AvgIpc) is 2.74. The van der Waals surface area contributed by atoms with Gasteiger partial charge in [-0.05, 0) is 46.3 Å². The lowest BCUT2D eigenvalue weighted by Gasteiger charge is -2.03. The average molecular weight is 331 g/mol. The molecule has 6 heteroatoms. The number of hydrogen-bond acceptors (Lipinski definition) is 3. The van der Waals surface area contributed by atoms with E-state index in [9.17, 15) is 9.18 Å². The predicted octanol–water partition coefficient (Wildman–Crippen LogP) is 4.17. The van der Waals surface area contributed by atoms with Gasteiger partial charge >= 0.3 is 5.97 Å². The van der Waals surface area contributed by atoms with Gasteiger partial charge in [0, 0.05) is 4.90 Å². The molecule has 0 unspecified atom stereocenters. The Hall–Kier alpha value is -1.27. The summed E-state index contributed by atoms with van der Waals surface area (Å²) in [7, 11) is 0. The molecule has 0 spiro atoms. The number of carbonyl (C=O) groups is 1. The third-order valence-corrected chi connectivity index (χ3v) is 3.66. The highest BCUT2D eigenvalue weighted by molar-refractivity contribution is 9.10. The van der Waals surface area contributed by atoms with Crippen LogP contribution in [0, 0.1) is 5.82 Å². The van der Waals surface area contributed by atoms with Crippen molar-refractivity contribution in [2.24, 2.45) is 0 Å². The van der Waals surface area contributed by atoms with Crippen LogP contribution in [-0.4, -0.2) is 11.1 Å². The van der Waals surface area contributed by atoms with Crippen molar-refractivity contribution in [2.75, 3.05) is 0 Å². The first-order chi connectivity index (χ1) is 8.56. The Kier molecular flexibility index (Phi) is 4.08. The van der Waals surface area contributed by atoms with Gasteiger partial charge in [-0.2, -0.15) is 0 Å². The Labute approximate surface area is 115 Å². The van der Waals surface area contributed by atoms with Gasteiger partial charge in [-0.1, -0.05) is 0 Å². The molecule has 1 heterocycles. The molecule has 0 aliphatic rings. The number of carboxylic acids is 1. The van der Waals surface area contributed by atoms with E-state index < -0.39 is 11.8 Å². The van der Waals surface area contributed by atoms with E-state index in [1.54, 1.807) is 12.1 Å². The van der Waals surface area contributed by atoms with Crippen LogP contribution in [0.25, 0.3) is 0 Å². The molecule has 94 valence electrons. The molecule has 0 radical (unpaired) electrons. The molecule has 0 fully saturated rings. The Morgan fingerprint density at radius 2 is 2.17 bits per heavy atom. The Balaban J connectivity index is 2.13. The molecular weight excluding hydrogens is 323 g/mol. The molecule has 0 bridgehead atoms. The van der Waals surface area contributed by atoms with E-state index in [0.717, 1.165) is 6.07 Å². The van der Waals surface area contributed by atoms with Gasteiger partial charge in [-0.25, -0.2) is 9.18 Å². The normalized spacial score (nSPS) is 10.6. The topological polar surface area (TPSA) is 50.4 Å². The zero-order valence-corrected chi connectivity index (χ0v) is 11.4. The highest BCUT2D eigenvalue weighted by atomic mass is 79.9. The molecular formula is C12H8BrFO3S. The van der Waals surface area contributed by atoms with Gasteiger partial charge in [0.15, 0.2) is 4.67 Å². The van der Waals surface area contributed by atoms with Crippen LogP contribution in [0.4, 0.5) is 4.39 Å². The van der Waals surface area contributed by atoms with Crippen molar-refractivity contribution >= 4 is 33.7 Å². The Bertz CT molecular complexity index is 582. The Morgan fingerprint density at radius 1 is 1.39 bits per heavy atom. The summed E-state index contributed by atoms with van der Waals surface area (Å²) in [6.07, 6.45) is 0. The summed E-state index contributed by atoms with van der Waals surface area (Å²) in [5.41, 5.74) is 0.0690. The largest absolute Gasteiger partial charge is 0.478 e. The standard InChI is InChI=1S/C12H8BrFO3S/c13-11-4-2-8(17-11)6-18-10-5-7(12(15)16)1-3-9(10)14/h1-5H,6H2,(H,15,16). The molecule has 0 saturated carbocycles. The first kappa shape index (κ1) is 13.2. The van der Waals surface area contributed by atoms with Gasteiger partial charge in [-0.15, -0.1) is 11.8 Å². The summed E-state index contributed by atoms with van der Waals surface area (Å²) in [5.74, 6) is -0.383. The van der Waals surface area contributed by atoms with Crippen molar-refractivity contribution in [2.45, 2.75) is 10.6 Å². The first-order valence-electron chi connectivity index (χ1n) is 4.96. The molecule has 2 aromatic rings. The maximum Gasteiger partial charge on any atom is 0.335 e. The summed E-state index contributed by atoms with van der Waals surface area (Å²) < 4.78 is 19.4. The predicted molar refractivity (Wildman–Crippen MR) is 69.3 cm³/mol. The van der Waals surface area contributed by atoms with Crippen LogP contribution in [0.1, 0.15) is 16.1 Å². The molecule has 1 aromatic heterocycles. The van der Waals surface area contributed by atoms with E-state index >= 15 is 0 Å². The summed E-state index contributed by atoms with van der Waals surface area (Å²) >= 11 is 4.37. The van der Waals surface area contributed by atoms with E-state index in [1.165, 1.54) is 23.9 Å². The number of rotatable bonds is 4. The van der Waals surface area contributed by atoms with Crippen LogP contribution in [0.2, 0.25) is 0 Å².